The minimum Gasteiger partial charge on any atom is -0.468 e. The van der Waals surface area contributed by atoms with Gasteiger partial charge < -0.3 is 9.72 Å². The fraction of sp³-hybridized carbons (Fsp3) is 0.263. The van der Waals surface area contributed by atoms with Gasteiger partial charge in [0.1, 0.15) is 6.04 Å². The Morgan fingerprint density at radius 2 is 2.12 bits per heavy atom. The molecule has 5 nitrogen and oxygen atoms in total. The van der Waals surface area contributed by atoms with E-state index in [9.17, 15) is 4.79 Å². The molecule has 24 heavy (non-hydrogen) atoms. The summed E-state index contributed by atoms with van der Waals surface area (Å²) in [4.78, 5) is 19.9. The van der Waals surface area contributed by atoms with Crippen LogP contribution >= 0.6 is 0 Å². The highest BCUT2D eigenvalue weighted by atomic mass is 16.5. The third-order valence-electron chi connectivity index (χ3n) is 4.77. The van der Waals surface area contributed by atoms with Gasteiger partial charge in [0.05, 0.1) is 13.2 Å². The lowest BCUT2D eigenvalue weighted by Crippen LogP contribution is -2.45. The number of carbonyl (C=O) groups is 1. The Morgan fingerprint density at radius 3 is 2.92 bits per heavy atom. The number of aromatic amines is 1. The SMILES string of the molecule is COC(=O)C1Cc2c([nH]c3ccccc23)C(c2ccncc2C)N1. The second kappa shape index (κ2) is 5.76. The van der Waals surface area contributed by atoms with Crippen LogP contribution in [0.1, 0.15) is 28.4 Å². The highest BCUT2D eigenvalue weighted by Crippen LogP contribution is 2.36. The Balaban J connectivity index is 1.90. The summed E-state index contributed by atoms with van der Waals surface area (Å²) in [6, 6.07) is 9.76. The first-order valence-corrected chi connectivity index (χ1v) is 8.03. The number of benzene rings is 1. The maximum atomic E-state index is 12.2. The second-order valence-electron chi connectivity index (χ2n) is 6.17. The molecule has 0 spiro atoms. The summed E-state index contributed by atoms with van der Waals surface area (Å²) in [5.41, 5.74) is 5.59. The van der Waals surface area contributed by atoms with Crippen molar-refractivity contribution in [3.8, 4) is 0 Å². The van der Waals surface area contributed by atoms with Gasteiger partial charge in [-0.15, -0.1) is 0 Å². The molecule has 5 heteroatoms. The van der Waals surface area contributed by atoms with Gasteiger partial charge in [-0.1, -0.05) is 18.2 Å². The minimum absolute atomic E-state index is 0.0896. The molecule has 2 atom stereocenters. The zero-order valence-electron chi connectivity index (χ0n) is 13.7. The summed E-state index contributed by atoms with van der Waals surface area (Å²) >= 11 is 0. The van der Waals surface area contributed by atoms with Gasteiger partial charge in [-0.2, -0.15) is 0 Å². The number of ether oxygens (including phenoxy) is 1. The molecule has 3 heterocycles. The molecule has 0 fully saturated rings. The molecule has 0 bridgehead atoms. The number of H-pyrrole nitrogens is 1. The Hall–Kier alpha value is -2.66. The first-order valence-electron chi connectivity index (χ1n) is 8.03. The number of pyridine rings is 1. The normalized spacial score (nSPS) is 19.9. The van der Waals surface area contributed by atoms with Gasteiger partial charge in [-0.25, -0.2) is 0 Å². The molecule has 1 aliphatic heterocycles. The Labute approximate surface area is 140 Å². The molecule has 0 amide bonds. The van der Waals surface area contributed by atoms with Crippen molar-refractivity contribution in [2.24, 2.45) is 0 Å². The summed E-state index contributed by atoms with van der Waals surface area (Å²) in [6.45, 7) is 2.04. The highest BCUT2D eigenvalue weighted by molar-refractivity contribution is 5.87. The number of aryl methyl sites for hydroxylation is 1. The molecule has 0 saturated heterocycles. The van der Waals surface area contributed by atoms with Crippen molar-refractivity contribution >= 4 is 16.9 Å². The number of para-hydroxylation sites is 1. The number of hydrogen-bond acceptors (Lipinski definition) is 4. The van der Waals surface area contributed by atoms with Gasteiger partial charge >= 0.3 is 5.97 Å². The first-order chi connectivity index (χ1) is 11.7. The average molecular weight is 321 g/mol. The minimum atomic E-state index is -0.362. The van der Waals surface area contributed by atoms with E-state index in [0.717, 1.165) is 22.3 Å². The molecule has 122 valence electrons. The number of hydrogen-bond donors (Lipinski definition) is 2. The molecule has 2 N–H and O–H groups in total. The third-order valence-corrected chi connectivity index (χ3v) is 4.77. The van der Waals surface area contributed by atoms with E-state index in [2.05, 4.69) is 27.4 Å². The van der Waals surface area contributed by atoms with E-state index in [4.69, 9.17) is 4.74 Å². The van der Waals surface area contributed by atoms with Crippen LogP contribution in [0.25, 0.3) is 10.9 Å². The van der Waals surface area contributed by atoms with E-state index in [1.165, 1.54) is 18.1 Å². The molecule has 2 unspecified atom stereocenters. The van der Waals surface area contributed by atoms with Crippen molar-refractivity contribution in [2.45, 2.75) is 25.4 Å². The first kappa shape index (κ1) is 14.9. The topological polar surface area (TPSA) is 67.0 Å². The van der Waals surface area contributed by atoms with E-state index in [0.29, 0.717) is 6.42 Å². The van der Waals surface area contributed by atoms with Gasteiger partial charge in [-0.05, 0) is 35.7 Å². The number of nitrogens with zero attached hydrogens (tertiary/aromatic N) is 1. The Morgan fingerprint density at radius 1 is 1.29 bits per heavy atom. The third kappa shape index (κ3) is 2.29. The average Bonchev–Trinajstić information content (AvgIpc) is 2.99. The smallest absolute Gasteiger partial charge is 0.323 e. The van der Waals surface area contributed by atoms with Crippen LogP contribution in [0.4, 0.5) is 0 Å². The summed E-state index contributed by atoms with van der Waals surface area (Å²) in [5, 5.41) is 4.61. The maximum Gasteiger partial charge on any atom is 0.323 e. The highest BCUT2D eigenvalue weighted by Gasteiger charge is 2.34. The standard InChI is InChI=1S/C19H19N3O2/c1-11-10-20-8-7-12(11)17-18-14(9-16(22-17)19(23)24-2)13-5-3-4-6-15(13)21-18/h3-8,10,16-17,21-22H,9H2,1-2H3. The summed E-state index contributed by atoms with van der Waals surface area (Å²) < 4.78 is 4.98. The number of methoxy groups -OCH3 is 1. The zero-order valence-corrected chi connectivity index (χ0v) is 13.7. The summed E-state index contributed by atoms with van der Waals surface area (Å²) in [5.74, 6) is -0.234. The van der Waals surface area contributed by atoms with Gasteiger partial charge in [0.2, 0.25) is 0 Å². The van der Waals surface area contributed by atoms with E-state index >= 15 is 0 Å². The summed E-state index contributed by atoms with van der Waals surface area (Å²) in [6.07, 6.45) is 4.25. The number of esters is 1. The van der Waals surface area contributed by atoms with Gasteiger partial charge in [0.15, 0.2) is 0 Å². The zero-order chi connectivity index (χ0) is 16.7. The largest absolute Gasteiger partial charge is 0.468 e. The fourth-order valence-corrected chi connectivity index (χ4v) is 3.58. The fourth-order valence-electron chi connectivity index (χ4n) is 3.58. The van der Waals surface area contributed by atoms with E-state index in [1.54, 1.807) is 6.20 Å². The monoisotopic (exact) mass is 321 g/mol. The molecule has 0 aliphatic carbocycles. The van der Waals surface area contributed by atoms with E-state index < -0.39 is 0 Å². The lowest BCUT2D eigenvalue weighted by Gasteiger charge is -2.31. The quantitative estimate of drug-likeness (QED) is 0.712. The van der Waals surface area contributed by atoms with Crippen LogP contribution < -0.4 is 5.32 Å². The lowest BCUT2D eigenvalue weighted by molar-refractivity contribution is -0.143. The molecule has 0 saturated carbocycles. The van der Waals surface area contributed by atoms with Crippen LogP contribution in [-0.2, 0) is 16.0 Å². The number of rotatable bonds is 2. The van der Waals surface area contributed by atoms with Crippen molar-refractivity contribution in [2.75, 3.05) is 7.11 Å². The van der Waals surface area contributed by atoms with Crippen LogP contribution in [0, 0.1) is 6.92 Å². The molecule has 0 radical (unpaired) electrons. The van der Waals surface area contributed by atoms with Crippen molar-refractivity contribution in [3.63, 3.8) is 0 Å². The van der Waals surface area contributed by atoms with Crippen molar-refractivity contribution in [1.82, 2.24) is 15.3 Å². The number of carbonyl (C=O) groups excluding carboxylic acids is 1. The molecule has 2 aromatic heterocycles. The Kier molecular flexibility index (Phi) is 3.58. The Bertz CT molecular complexity index is 916. The molecule has 1 aromatic carbocycles. The molecule has 1 aliphatic rings. The van der Waals surface area contributed by atoms with Crippen LogP contribution in [0.5, 0.6) is 0 Å². The number of nitrogens with one attached hydrogen (secondary N) is 2. The van der Waals surface area contributed by atoms with E-state index in [1.807, 2.05) is 31.3 Å². The molecular formula is C19H19N3O2. The number of aromatic nitrogens is 2. The predicted octanol–water partition coefficient (Wildman–Crippen LogP) is 2.65. The maximum absolute atomic E-state index is 12.2. The predicted molar refractivity (Wildman–Crippen MR) is 91.8 cm³/mol. The van der Waals surface area contributed by atoms with Crippen LogP contribution in [0.3, 0.4) is 0 Å². The van der Waals surface area contributed by atoms with Crippen LogP contribution in [0.2, 0.25) is 0 Å². The molecular weight excluding hydrogens is 302 g/mol. The van der Waals surface area contributed by atoms with Gasteiger partial charge in [-0.3, -0.25) is 15.1 Å². The lowest BCUT2D eigenvalue weighted by atomic mass is 9.89. The van der Waals surface area contributed by atoms with E-state index in [-0.39, 0.29) is 18.1 Å². The summed E-state index contributed by atoms with van der Waals surface area (Å²) in [7, 11) is 1.43. The van der Waals surface area contributed by atoms with Crippen LogP contribution in [0.15, 0.2) is 42.7 Å². The van der Waals surface area contributed by atoms with Crippen molar-refractivity contribution < 1.29 is 9.53 Å². The second-order valence-corrected chi connectivity index (χ2v) is 6.17. The van der Waals surface area contributed by atoms with Gasteiger partial charge in [0.25, 0.3) is 0 Å². The van der Waals surface area contributed by atoms with Crippen molar-refractivity contribution in [3.05, 3.63) is 65.1 Å². The van der Waals surface area contributed by atoms with Crippen molar-refractivity contribution in [1.29, 1.82) is 0 Å². The molecule has 3 aromatic rings. The molecule has 4 rings (SSSR count). The van der Waals surface area contributed by atoms with Gasteiger partial charge in [0, 0.05) is 35.4 Å². The van der Waals surface area contributed by atoms with Crippen LogP contribution in [-0.4, -0.2) is 29.1 Å². The number of fused-ring (bicyclic) bond motifs is 3.